The number of hydrogen-bond donors (Lipinski definition) is 2. The zero-order chi connectivity index (χ0) is 18.4. The summed E-state index contributed by atoms with van der Waals surface area (Å²) < 4.78 is 10.8. The van der Waals surface area contributed by atoms with E-state index in [0.717, 1.165) is 5.75 Å². The largest absolute Gasteiger partial charge is 0.497 e. The van der Waals surface area contributed by atoms with Crippen LogP contribution >= 0.6 is 0 Å². The summed E-state index contributed by atoms with van der Waals surface area (Å²) in [6, 6.07) is 9.91. The molecule has 1 aromatic carbocycles. The van der Waals surface area contributed by atoms with Gasteiger partial charge in [-0.3, -0.25) is 4.79 Å². The summed E-state index contributed by atoms with van der Waals surface area (Å²) in [4.78, 5) is 27.1. The van der Waals surface area contributed by atoms with Crippen LogP contribution in [0.25, 0.3) is 0 Å². The molecule has 0 aliphatic rings. The van der Waals surface area contributed by atoms with Gasteiger partial charge in [0, 0.05) is 0 Å². The van der Waals surface area contributed by atoms with Gasteiger partial charge in [0.15, 0.2) is 0 Å². The third-order valence-corrected chi connectivity index (χ3v) is 3.50. The van der Waals surface area contributed by atoms with Crippen LogP contribution in [0.5, 0.6) is 11.5 Å². The molecule has 1 atom stereocenters. The van der Waals surface area contributed by atoms with Crippen molar-refractivity contribution < 1.29 is 24.2 Å². The van der Waals surface area contributed by atoms with Crippen LogP contribution in [0.4, 0.5) is 0 Å². The van der Waals surface area contributed by atoms with E-state index in [1.807, 2.05) is 6.92 Å². The number of hydrogen-bond acceptors (Lipinski definition) is 5. The zero-order valence-corrected chi connectivity index (χ0v) is 14.3. The van der Waals surface area contributed by atoms with E-state index in [1.165, 1.54) is 12.1 Å². The van der Waals surface area contributed by atoms with Crippen LogP contribution in [0.1, 0.15) is 33.5 Å². The molecule has 0 radical (unpaired) electrons. The van der Waals surface area contributed by atoms with Crippen molar-refractivity contribution in [2.45, 2.75) is 20.0 Å². The lowest BCUT2D eigenvalue weighted by molar-refractivity contribution is 0.0694. The van der Waals surface area contributed by atoms with Gasteiger partial charge in [0.05, 0.1) is 24.9 Å². The number of aromatic nitrogens is 1. The molecule has 1 unspecified atom stereocenters. The number of rotatable bonds is 7. The third-order valence-electron chi connectivity index (χ3n) is 3.50. The van der Waals surface area contributed by atoms with E-state index in [4.69, 9.17) is 14.6 Å². The molecule has 25 heavy (non-hydrogen) atoms. The van der Waals surface area contributed by atoms with Crippen molar-refractivity contribution in [1.82, 2.24) is 10.3 Å². The van der Waals surface area contributed by atoms with Gasteiger partial charge >= 0.3 is 5.97 Å². The van der Waals surface area contributed by atoms with Crippen molar-refractivity contribution in [2.75, 3.05) is 13.7 Å². The first-order valence-electron chi connectivity index (χ1n) is 7.70. The fraction of sp³-hybridized carbons (Fsp3) is 0.278. The lowest BCUT2D eigenvalue weighted by Gasteiger charge is -2.15. The van der Waals surface area contributed by atoms with Crippen LogP contribution in [0, 0.1) is 6.92 Å². The highest BCUT2D eigenvalue weighted by atomic mass is 16.5. The summed E-state index contributed by atoms with van der Waals surface area (Å²) in [7, 11) is 1.59. The van der Waals surface area contributed by atoms with Gasteiger partial charge in [-0.1, -0.05) is 0 Å². The monoisotopic (exact) mass is 344 g/mol. The molecule has 1 heterocycles. The number of ether oxygens (including phenoxy) is 2. The van der Waals surface area contributed by atoms with E-state index < -0.39 is 5.97 Å². The first-order chi connectivity index (χ1) is 11.9. The Bertz CT molecular complexity index is 759. The number of aryl methyl sites for hydroxylation is 1. The average Bonchev–Trinajstić information content (AvgIpc) is 2.60. The van der Waals surface area contributed by atoms with Gasteiger partial charge in [-0.25, -0.2) is 9.78 Å². The van der Waals surface area contributed by atoms with Crippen LogP contribution in [-0.4, -0.2) is 41.7 Å². The maximum Gasteiger partial charge on any atom is 0.337 e. The van der Waals surface area contributed by atoms with E-state index in [1.54, 1.807) is 38.3 Å². The van der Waals surface area contributed by atoms with E-state index in [0.29, 0.717) is 11.4 Å². The molecule has 0 aliphatic heterocycles. The van der Waals surface area contributed by atoms with Crippen molar-refractivity contribution in [3.05, 3.63) is 53.3 Å². The van der Waals surface area contributed by atoms with Gasteiger partial charge in [0.1, 0.15) is 23.3 Å². The predicted octanol–water partition coefficient (Wildman–Crippen LogP) is 2.29. The second-order valence-corrected chi connectivity index (χ2v) is 5.45. The highest BCUT2D eigenvalue weighted by Gasteiger charge is 2.14. The smallest absolute Gasteiger partial charge is 0.337 e. The van der Waals surface area contributed by atoms with Gasteiger partial charge in [-0.05, 0) is 50.2 Å². The Morgan fingerprint density at radius 3 is 2.36 bits per heavy atom. The number of pyridine rings is 1. The topological polar surface area (TPSA) is 97.8 Å². The van der Waals surface area contributed by atoms with Crippen LogP contribution in [0.15, 0.2) is 36.4 Å². The van der Waals surface area contributed by atoms with Gasteiger partial charge < -0.3 is 19.9 Å². The molecule has 0 spiro atoms. The number of carboxylic acids is 1. The molecule has 2 N–H and O–H groups in total. The maximum absolute atomic E-state index is 12.1. The number of aromatic carboxylic acids is 1. The molecule has 0 saturated heterocycles. The SMILES string of the molecule is COc1ccc(OC(C)CNC(=O)c2ccc(C(=O)O)c(C)n2)cc1. The molecule has 0 bridgehead atoms. The number of amides is 1. The molecule has 0 saturated carbocycles. The fourth-order valence-electron chi connectivity index (χ4n) is 2.17. The van der Waals surface area contributed by atoms with Crippen molar-refractivity contribution in [3.63, 3.8) is 0 Å². The Hall–Kier alpha value is -3.09. The number of carbonyl (C=O) groups is 2. The highest BCUT2D eigenvalue weighted by molar-refractivity contribution is 5.94. The second-order valence-electron chi connectivity index (χ2n) is 5.45. The maximum atomic E-state index is 12.1. The Morgan fingerprint density at radius 2 is 1.80 bits per heavy atom. The van der Waals surface area contributed by atoms with Crippen LogP contribution in [0.2, 0.25) is 0 Å². The molecule has 7 nitrogen and oxygen atoms in total. The molecule has 132 valence electrons. The first-order valence-corrected chi connectivity index (χ1v) is 7.70. The minimum absolute atomic E-state index is 0.0766. The van der Waals surface area contributed by atoms with Gasteiger partial charge in [-0.2, -0.15) is 0 Å². The van der Waals surface area contributed by atoms with Crippen molar-refractivity contribution in [1.29, 1.82) is 0 Å². The summed E-state index contributed by atoms with van der Waals surface area (Å²) in [6.45, 7) is 3.67. The van der Waals surface area contributed by atoms with E-state index in [9.17, 15) is 9.59 Å². The number of nitrogens with zero attached hydrogens (tertiary/aromatic N) is 1. The Balaban J connectivity index is 1.90. The van der Waals surface area contributed by atoms with E-state index >= 15 is 0 Å². The number of carboxylic acid groups (broad SMARTS) is 1. The van der Waals surface area contributed by atoms with Crippen molar-refractivity contribution in [3.8, 4) is 11.5 Å². The summed E-state index contributed by atoms with van der Waals surface area (Å²) in [5, 5.41) is 11.7. The molecule has 7 heteroatoms. The van der Waals surface area contributed by atoms with Crippen molar-refractivity contribution >= 4 is 11.9 Å². The molecule has 2 aromatic rings. The van der Waals surface area contributed by atoms with Gasteiger partial charge in [-0.15, -0.1) is 0 Å². The quantitative estimate of drug-likeness (QED) is 0.800. The van der Waals surface area contributed by atoms with Gasteiger partial charge in [0.2, 0.25) is 0 Å². The minimum atomic E-state index is -1.07. The van der Waals surface area contributed by atoms with Crippen LogP contribution in [-0.2, 0) is 0 Å². The Labute approximate surface area is 145 Å². The molecule has 1 amide bonds. The molecular formula is C18H20N2O5. The summed E-state index contributed by atoms with van der Waals surface area (Å²) in [6.07, 6.45) is -0.253. The molecule has 2 rings (SSSR count). The molecule has 1 aromatic heterocycles. The lowest BCUT2D eigenvalue weighted by atomic mass is 10.2. The number of methoxy groups -OCH3 is 1. The normalized spacial score (nSPS) is 11.5. The summed E-state index contributed by atoms with van der Waals surface area (Å²) >= 11 is 0. The minimum Gasteiger partial charge on any atom is -0.497 e. The molecule has 0 aliphatic carbocycles. The molecular weight excluding hydrogens is 324 g/mol. The predicted molar refractivity (Wildman–Crippen MR) is 91.4 cm³/mol. The van der Waals surface area contributed by atoms with Gasteiger partial charge in [0.25, 0.3) is 5.91 Å². The second kappa shape index (κ2) is 8.14. The fourth-order valence-corrected chi connectivity index (χ4v) is 2.17. The number of carbonyl (C=O) groups excluding carboxylic acids is 1. The van der Waals surface area contributed by atoms with Crippen molar-refractivity contribution in [2.24, 2.45) is 0 Å². The van der Waals surface area contributed by atoms with Crippen LogP contribution in [0.3, 0.4) is 0 Å². The average molecular weight is 344 g/mol. The Morgan fingerprint density at radius 1 is 1.16 bits per heavy atom. The lowest BCUT2D eigenvalue weighted by Crippen LogP contribution is -2.34. The van der Waals surface area contributed by atoms with E-state index in [2.05, 4.69) is 10.3 Å². The highest BCUT2D eigenvalue weighted by Crippen LogP contribution is 2.18. The number of benzene rings is 1. The zero-order valence-electron chi connectivity index (χ0n) is 14.3. The summed E-state index contributed by atoms with van der Waals surface area (Å²) in [5.41, 5.74) is 0.537. The summed E-state index contributed by atoms with van der Waals surface area (Å²) in [5.74, 6) is -0.0504. The van der Waals surface area contributed by atoms with Crippen LogP contribution < -0.4 is 14.8 Å². The third kappa shape index (κ3) is 4.94. The standard InChI is InChI=1S/C18H20N2O5/c1-11(25-14-6-4-13(24-3)5-7-14)10-19-17(21)16-9-8-15(18(22)23)12(2)20-16/h4-9,11H,10H2,1-3H3,(H,19,21)(H,22,23). The first kappa shape index (κ1) is 18.3. The van der Waals surface area contributed by atoms with E-state index in [-0.39, 0.29) is 29.8 Å². The molecule has 0 fully saturated rings. The Kier molecular flexibility index (Phi) is 5.94. The number of nitrogens with one attached hydrogen (secondary N) is 1.